The number of carbonyl (C=O) groups excluding carboxylic acids is 1. The third-order valence-corrected chi connectivity index (χ3v) is 7.00. The molecule has 1 N–H and O–H groups in total. The van der Waals surface area contributed by atoms with Crippen LogP contribution in [0.4, 0.5) is 8.78 Å². The van der Waals surface area contributed by atoms with Crippen LogP contribution in [0, 0.1) is 24.5 Å². The van der Waals surface area contributed by atoms with Crippen molar-refractivity contribution in [3.63, 3.8) is 0 Å². The van der Waals surface area contributed by atoms with E-state index in [1.807, 2.05) is 0 Å². The maximum absolute atomic E-state index is 13.4. The summed E-state index contributed by atoms with van der Waals surface area (Å²) in [6, 6.07) is 2.67. The fourth-order valence-corrected chi connectivity index (χ4v) is 5.34. The average Bonchev–Trinajstić information content (AvgIpc) is 3.29. The predicted molar refractivity (Wildman–Crippen MR) is 97.5 cm³/mol. The molecular weight excluding hydrogens is 406 g/mol. The Labute approximate surface area is 166 Å². The second-order valence-electron chi connectivity index (χ2n) is 7.79. The molecule has 8 nitrogen and oxygen atoms in total. The highest BCUT2D eigenvalue weighted by atomic mass is 32.2. The van der Waals surface area contributed by atoms with Crippen LogP contribution >= 0.6 is 0 Å². The van der Waals surface area contributed by atoms with Crippen molar-refractivity contribution in [3.05, 3.63) is 47.1 Å². The van der Waals surface area contributed by atoms with E-state index in [0.29, 0.717) is 24.6 Å². The number of aryl methyl sites for hydroxylation is 1. The maximum Gasteiger partial charge on any atom is 0.251 e. The molecule has 1 saturated carbocycles. The SMILES string of the molecule is Cc1noc([C@]23C[C@H](NC(=O)c4ccc(F)c(F)c4)CC2CN(S(C)(=O)=O)C3)n1. The Morgan fingerprint density at radius 1 is 1.34 bits per heavy atom. The van der Waals surface area contributed by atoms with E-state index in [2.05, 4.69) is 15.5 Å². The zero-order valence-electron chi connectivity index (χ0n) is 15.9. The van der Waals surface area contributed by atoms with Crippen LogP contribution in [-0.2, 0) is 15.4 Å². The summed E-state index contributed by atoms with van der Waals surface area (Å²) in [6.45, 7) is 2.16. The first kappa shape index (κ1) is 19.9. The van der Waals surface area contributed by atoms with E-state index in [9.17, 15) is 22.0 Å². The van der Waals surface area contributed by atoms with Crippen molar-refractivity contribution in [1.29, 1.82) is 0 Å². The normalized spacial score (nSPS) is 27.2. The molecule has 3 atom stereocenters. The number of benzene rings is 1. The van der Waals surface area contributed by atoms with Gasteiger partial charge >= 0.3 is 0 Å². The van der Waals surface area contributed by atoms with Gasteiger partial charge in [-0.05, 0) is 43.9 Å². The van der Waals surface area contributed by atoms with Crippen molar-refractivity contribution in [3.8, 4) is 0 Å². The number of amides is 1. The highest BCUT2D eigenvalue weighted by Gasteiger charge is 2.59. The van der Waals surface area contributed by atoms with Gasteiger partial charge in [0.1, 0.15) is 0 Å². The monoisotopic (exact) mass is 426 g/mol. The number of hydrogen-bond donors (Lipinski definition) is 1. The first-order valence-electron chi connectivity index (χ1n) is 9.10. The zero-order valence-corrected chi connectivity index (χ0v) is 16.7. The average molecular weight is 426 g/mol. The summed E-state index contributed by atoms with van der Waals surface area (Å²) in [4.78, 5) is 16.8. The molecule has 1 saturated heterocycles. The lowest BCUT2D eigenvalue weighted by molar-refractivity contribution is 0.0934. The van der Waals surface area contributed by atoms with Crippen LogP contribution < -0.4 is 5.32 Å². The number of halogens is 2. The van der Waals surface area contributed by atoms with Gasteiger partial charge in [-0.15, -0.1) is 0 Å². The molecule has 4 rings (SSSR count). The topological polar surface area (TPSA) is 105 Å². The second kappa shape index (κ2) is 6.84. The fourth-order valence-electron chi connectivity index (χ4n) is 4.42. The summed E-state index contributed by atoms with van der Waals surface area (Å²) in [6.07, 6.45) is 2.06. The summed E-state index contributed by atoms with van der Waals surface area (Å²) in [7, 11) is -3.40. The third-order valence-electron chi connectivity index (χ3n) is 5.78. The van der Waals surface area contributed by atoms with Crippen LogP contribution in [0.2, 0.25) is 0 Å². The number of rotatable bonds is 4. The number of aromatic nitrogens is 2. The van der Waals surface area contributed by atoms with Crippen LogP contribution in [0.25, 0.3) is 0 Å². The Balaban J connectivity index is 1.57. The molecule has 1 aromatic carbocycles. The first-order valence-corrected chi connectivity index (χ1v) is 11.0. The molecule has 0 radical (unpaired) electrons. The summed E-state index contributed by atoms with van der Waals surface area (Å²) in [5, 5.41) is 6.68. The molecule has 0 spiro atoms. The molecule has 2 heterocycles. The molecule has 2 aromatic rings. The molecule has 11 heteroatoms. The molecule has 1 aromatic heterocycles. The van der Waals surface area contributed by atoms with E-state index < -0.39 is 33.0 Å². The number of nitrogens with zero attached hydrogens (tertiary/aromatic N) is 3. The van der Waals surface area contributed by atoms with Crippen LogP contribution in [0.3, 0.4) is 0 Å². The predicted octanol–water partition coefficient (Wildman–Crippen LogP) is 1.38. The zero-order chi connectivity index (χ0) is 21.0. The molecule has 2 fully saturated rings. The maximum atomic E-state index is 13.4. The molecule has 1 amide bonds. The molecule has 29 heavy (non-hydrogen) atoms. The van der Waals surface area contributed by atoms with Crippen LogP contribution in [0.15, 0.2) is 22.7 Å². The lowest BCUT2D eigenvalue weighted by Gasteiger charge is -2.24. The number of sulfonamides is 1. The second-order valence-corrected chi connectivity index (χ2v) is 9.78. The minimum Gasteiger partial charge on any atom is -0.349 e. The van der Waals surface area contributed by atoms with Crippen molar-refractivity contribution in [2.24, 2.45) is 5.92 Å². The van der Waals surface area contributed by atoms with Gasteiger partial charge in [0.25, 0.3) is 5.91 Å². The molecule has 1 aliphatic heterocycles. The number of fused-ring (bicyclic) bond motifs is 1. The minimum absolute atomic E-state index is 0.0152. The summed E-state index contributed by atoms with van der Waals surface area (Å²) < 4.78 is 57.5. The molecule has 1 unspecified atom stereocenters. The van der Waals surface area contributed by atoms with Crippen LogP contribution in [0.1, 0.15) is 34.9 Å². The lowest BCUT2D eigenvalue weighted by atomic mass is 9.80. The summed E-state index contributed by atoms with van der Waals surface area (Å²) in [5.74, 6) is -1.96. The molecular formula is C18H20F2N4O4S. The van der Waals surface area contributed by atoms with Gasteiger partial charge in [-0.3, -0.25) is 4.79 Å². The van der Waals surface area contributed by atoms with Gasteiger partial charge in [-0.2, -0.15) is 4.98 Å². The largest absolute Gasteiger partial charge is 0.349 e. The highest BCUT2D eigenvalue weighted by Crippen LogP contribution is 2.50. The Morgan fingerprint density at radius 2 is 2.10 bits per heavy atom. The van der Waals surface area contributed by atoms with Crippen LogP contribution in [0.5, 0.6) is 0 Å². The Hall–Kier alpha value is -2.40. The molecule has 0 bridgehead atoms. The van der Waals surface area contributed by atoms with Gasteiger partial charge in [-0.1, -0.05) is 5.16 Å². The van der Waals surface area contributed by atoms with E-state index in [-0.39, 0.29) is 30.6 Å². The van der Waals surface area contributed by atoms with E-state index in [1.165, 1.54) is 10.4 Å². The van der Waals surface area contributed by atoms with Gasteiger partial charge in [0, 0.05) is 24.7 Å². The number of carbonyl (C=O) groups is 1. The standard InChI is InChI=1S/C18H20F2N4O4S/c1-10-21-17(28-23-10)18-7-13(6-12(18)8-24(9-18)29(2,26)27)22-16(25)11-3-4-14(19)15(20)5-11/h3-5,12-13H,6-9H2,1-2H3,(H,22,25)/t12?,13-,18+/m1/s1. The molecule has 156 valence electrons. The highest BCUT2D eigenvalue weighted by molar-refractivity contribution is 7.88. The fraction of sp³-hybridized carbons (Fsp3) is 0.500. The van der Waals surface area contributed by atoms with Crippen molar-refractivity contribution in [2.45, 2.75) is 31.2 Å². The van der Waals surface area contributed by atoms with Crippen molar-refractivity contribution in [1.82, 2.24) is 19.8 Å². The van der Waals surface area contributed by atoms with E-state index >= 15 is 0 Å². The Morgan fingerprint density at radius 3 is 2.72 bits per heavy atom. The van der Waals surface area contributed by atoms with E-state index in [1.54, 1.807) is 6.92 Å². The van der Waals surface area contributed by atoms with Gasteiger partial charge in [0.2, 0.25) is 15.9 Å². The Bertz CT molecular complexity index is 1070. The van der Waals surface area contributed by atoms with E-state index in [4.69, 9.17) is 4.52 Å². The molecule has 2 aliphatic rings. The quantitative estimate of drug-likeness (QED) is 0.792. The smallest absolute Gasteiger partial charge is 0.251 e. The van der Waals surface area contributed by atoms with Gasteiger partial charge in [0.05, 0.1) is 11.7 Å². The summed E-state index contributed by atoms with van der Waals surface area (Å²) >= 11 is 0. The van der Waals surface area contributed by atoms with Gasteiger partial charge in [-0.25, -0.2) is 21.5 Å². The van der Waals surface area contributed by atoms with E-state index in [0.717, 1.165) is 18.4 Å². The van der Waals surface area contributed by atoms with Crippen molar-refractivity contribution in [2.75, 3.05) is 19.3 Å². The first-order chi connectivity index (χ1) is 13.6. The van der Waals surface area contributed by atoms with Gasteiger partial charge in [0.15, 0.2) is 17.5 Å². The Kier molecular flexibility index (Phi) is 4.69. The van der Waals surface area contributed by atoms with Gasteiger partial charge < -0.3 is 9.84 Å². The van der Waals surface area contributed by atoms with Crippen LogP contribution in [-0.4, -0.2) is 54.2 Å². The summed E-state index contributed by atoms with van der Waals surface area (Å²) in [5.41, 5.74) is -0.683. The number of hydrogen-bond acceptors (Lipinski definition) is 6. The minimum atomic E-state index is -3.40. The lowest BCUT2D eigenvalue weighted by Crippen LogP contribution is -2.39. The number of nitrogens with one attached hydrogen (secondary N) is 1. The van der Waals surface area contributed by atoms with Crippen molar-refractivity contribution >= 4 is 15.9 Å². The third kappa shape index (κ3) is 3.52. The molecule has 1 aliphatic carbocycles. The van der Waals surface area contributed by atoms with Crippen molar-refractivity contribution < 1.29 is 26.5 Å².